The van der Waals surface area contributed by atoms with Crippen molar-refractivity contribution in [3.05, 3.63) is 28.8 Å². The zero-order valence-corrected chi connectivity index (χ0v) is 10.7. The third-order valence-electron chi connectivity index (χ3n) is 3.64. The molecule has 0 unspecified atom stereocenters. The molecule has 1 aliphatic carbocycles. The van der Waals surface area contributed by atoms with E-state index in [0.717, 1.165) is 24.0 Å². The van der Waals surface area contributed by atoms with Crippen molar-refractivity contribution >= 4 is 16.9 Å². The van der Waals surface area contributed by atoms with Crippen LogP contribution in [0, 0.1) is 6.92 Å². The smallest absolute Gasteiger partial charge is 0.420 e. The van der Waals surface area contributed by atoms with Crippen molar-refractivity contribution in [3.8, 4) is 0 Å². The number of anilines is 1. The topological polar surface area (TPSA) is 25.2 Å². The third-order valence-corrected chi connectivity index (χ3v) is 3.64. The number of furan rings is 1. The highest BCUT2D eigenvalue weighted by atomic mass is 19.4. The van der Waals surface area contributed by atoms with E-state index in [-0.39, 0.29) is 11.5 Å². The summed E-state index contributed by atoms with van der Waals surface area (Å²) in [6.07, 6.45) is -2.45. The maximum Gasteiger partial charge on any atom is 0.420 e. The monoisotopic (exact) mass is 269 g/mol. The average molecular weight is 269 g/mol. The zero-order chi connectivity index (χ0) is 13.8. The molecule has 0 amide bonds. The number of nitrogens with one attached hydrogen (secondary N) is 1. The lowest BCUT2D eigenvalue weighted by Gasteiger charge is -2.09. The number of fused-ring (bicyclic) bond motifs is 1. The normalized spacial score (nSPS) is 16.1. The van der Waals surface area contributed by atoms with E-state index in [4.69, 9.17) is 4.42 Å². The van der Waals surface area contributed by atoms with Gasteiger partial charge in [0.15, 0.2) is 5.88 Å². The standard InChI is InChI=1S/C14H14F3NO/c1-7-10-5-9(8-3-4-8)6-11(14(15,16)17)12(10)19-13(7)18-2/h5-6,8,18H,3-4H2,1-2H3. The third kappa shape index (κ3) is 1.97. The Bertz CT molecular complexity index is 638. The Labute approximate surface area is 108 Å². The minimum absolute atomic E-state index is 0.0706. The molecule has 0 atom stereocenters. The Morgan fingerprint density at radius 1 is 1.26 bits per heavy atom. The molecule has 0 bridgehead atoms. The number of rotatable bonds is 2. The fourth-order valence-corrected chi connectivity index (χ4v) is 2.44. The fraction of sp³-hybridized carbons (Fsp3) is 0.429. The van der Waals surface area contributed by atoms with Gasteiger partial charge in [0, 0.05) is 18.0 Å². The van der Waals surface area contributed by atoms with Gasteiger partial charge in [-0.3, -0.25) is 0 Å². The van der Waals surface area contributed by atoms with E-state index in [1.54, 1.807) is 14.0 Å². The molecular formula is C14H14F3NO. The highest BCUT2D eigenvalue weighted by Crippen LogP contribution is 2.46. The number of benzene rings is 1. The highest BCUT2D eigenvalue weighted by Gasteiger charge is 2.37. The van der Waals surface area contributed by atoms with Gasteiger partial charge < -0.3 is 9.73 Å². The molecule has 0 aliphatic heterocycles. The summed E-state index contributed by atoms with van der Waals surface area (Å²) in [6.45, 7) is 1.77. The molecule has 0 spiro atoms. The SMILES string of the molecule is CNc1oc2c(C(F)(F)F)cc(C3CC3)cc2c1C. The van der Waals surface area contributed by atoms with Crippen LogP contribution < -0.4 is 5.32 Å². The van der Waals surface area contributed by atoms with Crippen LogP contribution in [0.1, 0.15) is 35.4 Å². The molecule has 1 saturated carbocycles. The molecule has 1 aromatic heterocycles. The molecule has 102 valence electrons. The van der Waals surface area contributed by atoms with Crippen molar-refractivity contribution < 1.29 is 17.6 Å². The first-order chi connectivity index (χ1) is 8.91. The number of halogens is 3. The minimum Gasteiger partial charge on any atom is -0.440 e. The number of aryl methyl sites for hydroxylation is 1. The molecule has 1 fully saturated rings. The average Bonchev–Trinajstić information content (AvgIpc) is 3.13. The molecule has 5 heteroatoms. The van der Waals surface area contributed by atoms with Crippen molar-refractivity contribution in [2.75, 3.05) is 12.4 Å². The zero-order valence-electron chi connectivity index (χ0n) is 10.7. The Morgan fingerprint density at radius 3 is 2.47 bits per heavy atom. The van der Waals surface area contributed by atoms with E-state index < -0.39 is 11.7 Å². The molecule has 3 rings (SSSR count). The summed E-state index contributed by atoms with van der Waals surface area (Å²) in [7, 11) is 1.64. The van der Waals surface area contributed by atoms with Crippen LogP contribution in [-0.2, 0) is 6.18 Å². The van der Waals surface area contributed by atoms with Gasteiger partial charge in [0.1, 0.15) is 5.58 Å². The molecule has 1 aliphatic rings. The lowest BCUT2D eigenvalue weighted by Crippen LogP contribution is -2.06. The summed E-state index contributed by atoms with van der Waals surface area (Å²) >= 11 is 0. The fourth-order valence-electron chi connectivity index (χ4n) is 2.44. The van der Waals surface area contributed by atoms with Gasteiger partial charge in [0.05, 0.1) is 5.56 Å². The molecule has 0 saturated heterocycles. The second-order valence-corrected chi connectivity index (χ2v) is 5.02. The summed E-state index contributed by atoms with van der Waals surface area (Å²) in [6, 6.07) is 3.07. The molecule has 19 heavy (non-hydrogen) atoms. The van der Waals surface area contributed by atoms with Crippen LogP contribution in [-0.4, -0.2) is 7.05 Å². The van der Waals surface area contributed by atoms with Gasteiger partial charge in [-0.2, -0.15) is 13.2 Å². The summed E-state index contributed by atoms with van der Waals surface area (Å²) in [5.41, 5.74) is 0.757. The number of hydrogen-bond donors (Lipinski definition) is 1. The quantitative estimate of drug-likeness (QED) is 0.856. The number of hydrogen-bond acceptors (Lipinski definition) is 2. The lowest BCUT2D eigenvalue weighted by molar-refractivity contribution is -0.136. The van der Waals surface area contributed by atoms with Crippen LogP contribution in [0.25, 0.3) is 11.0 Å². The predicted octanol–water partition coefficient (Wildman–Crippen LogP) is 4.68. The van der Waals surface area contributed by atoms with E-state index in [2.05, 4.69) is 5.32 Å². The Balaban J connectivity index is 2.31. The maximum absolute atomic E-state index is 13.1. The van der Waals surface area contributed by atoms with Gasteiger partial charge in [0.2, 0.25) is 0 Å². The van der Waals surface area contributed by atoms with Crippen LogP contribution in [0.2, 0.25) is 0 Å². The van der Waals surface area contributed by atoms with Crippen molar-refractivity contribution in [1.29, 1.82) is 0 Å². The van der Waals surface area contributed by atoms with Crippen molar-refractivity contribution in [2.45, 2.75) is 31.9 Å². The molecule has 1 N–H and O–H groups in total. The minimum atomic E-state index is -4.39. The van der Waals surface area contributed by atoms with Crippen LogP contribution in [0.5, 0.6) is 0 Å². The molecule has 2 aromatic rings. The molecular weight excluding hydrogens is 255 g/mol. The summed E-state index contributed by atoms with van der Waals surface area (Å²) < 4.78 is 44.8. The van der Waals surface area contributed by atoms with Crippen molar-refractivity contribution in [1.82, 2.24) is 0 Å². The van der Waals surface area contributed by atoms with Crippen LogP contribution >= 0.6 is 0 Å². The Hall–Kier alpha value is -1.65. The van der Waals surface area contributed by atoms with Crippen molar-refractivity contribution in [3.63, 3.8) is 0 Å². The maximum atomic E-state index is 13.1. The van der Waals surface area contributed by atoms with Gasteiger partial charge in [0.25, 0.3) is 0 Å². The van der Waals surface area contributed by atoms with Gasteiger partial charge in [-0.1, -0.05) is 0 Å². The van der Waals surface area contributed by atoms with E-state index in [0.29, 0.717) is 11.3 Å². The Kier molecular flexibility index (Phi) is 2.56. The second-order valence-electron chi connectivity index (χ2n) is 5.02. The lowest BCUT2D eigenvalue weighted by atomic mass is 10.0. The second kappa shape index (κ2) is 3.92. The van der Waals surface area contributed by atoms with Crippen molar-refractivity contribution in [2.24, 2.45) is 0 Å². The van der Waals surface area contributed by atoms with E-state index in [1.165, 1.54) is 6.07 Å². The first-order valence-electron chi connectivity index (χ1n) is 6.24. The van der Waals surface area contributed by atoms with Crippen LogP contribution in [0.15, 0.2) is 16.5 Å². The molecule has 1 heterocycles. The van der Waals surface area contributed by atoms with Gasteiger partial charge in [-0.05, 0) is 43.4 Å². The van der Waals surface area contributed by atoms with Gasteiger partial charge in [-0.25, -0.2) is 0 Å². The first-order valence-corrected chi connectivity index (χ1v) is 6.24. The van der Waals surface area contributed by atoms with E-state index in [1.807, 2.05) is 6.07 Å². The van der Waals surface area contributed by atoms with Gasteiger partial charge in [-0.15, -0.1) is 0 Å². The summed E-state index contributed by atoms with van der Waals surface area (Å²) in [5.74, 6) is 0.672. The molecule has 1 aromatic carbocycles. The van der Waals surface area contributed by atoms with E-state index >= 15 is 0 Å². The highest BCUT2D eigenvalue weighted by molar-refractivity contribution is 5.89. The van der Waals surface area contributed by atoms with Crippen LogP contribution in [0.3, 0.4) is 0 Å². The largest absolute Gasteiger partial charge is 0.440 e. The molecule has 2 nitrogen and oxygen atoms in total. The number of alkyl halides is 3. The van der Waals surface area contributed by atoms with E-state index in [9.17, 15) is 13.2 Å². The van der Waals surface area contributed by atoms with Crippen LogP contribution in [0.4, 0.5) is 19.1 Å². The summed E-state index contributed by atoms with van der Waals surface area (Å²) in [4.78, 5) is 0. The van der Waals surface area contributed by atoms with Gasteiger partial charge >= 0.3 is 6.18 Å². The predicted molar refractivity (Wildman–Crippen MR) is 67.5 cm³/mol. The molecule has 0 radical (unpaired) electrons. The first kappa shape index (κ1) is 12.4. The summed E-state index contributed by atoms with van der Waals surface area (Å²) in [5, 5.41) is 3.35. The Morgan fingerprint density at radius 2 is 1.95 bits per heavy atom.